The van der Waals surface area contributed by atoms with Crippen LogP contribution >= 0.6 is 0 Å². The third-order valence-corrected chi connectivity index (χ3v) is 8.09. The van der Waals surface area contributed by atoms with Crippen LogP contribution < -0.4 is 5.32 Å². The first kappa shape index (κ1) is 34.6. The summed E-state index contributed by atoms with van der Waals surface area (Å²) in [6, 6.07) is 4.79. The minimum absolute atomic E-state index is 0.407. The van der Waals surface area contributed by atoms with Gasteiger partial charge >= 0.3 is 0 Å². The molecule has 0 amide bonds. The molecule has 4 aliphatic rings. The smallest absolute Gasteiger partial charge is 0.0642 e. The second-order valence-electron chi connectivity index (χ2n) is 11.4. The van der Waals surface area contributed by atoms with Gasteiger partial charge in [-0.1, -0.05) is 64.8 Å². The van der Waals surface area contributed by atoms with E-state index in [1.807, 2.05) is 13.8 Å². The molecular weight excluding hydrogens is 504 g/mol. The number of morpholine rings is 1. The standard InChI is InChI=1S/C25H35N3O.C5H11N.C4H6.C2H6/c1-6-7-24(28-8-10-29-11-9-28)25-18(3)13-22-17(2)12-20(21-15-27(5)16-21)14-23(22)26-19(25)4;1-6-4-2-3-5-6;1-3-4-2;1-2/h6-7,12,14,18,21,26H,4,8-11,13,15-16H2,1-3,5H3;2-5H2,1H3;3-4H,1-2H2;1-2H3/b7-6-,25-24+;;;. The summed E-state index contributed by atoms with van der Waals surface area (Å²) in [6.07, 6.45) is 11.5. The van der Waals surface area contributed by atoms with Gasteiger partial charge in [0, 0.05) is 54.8 Å². The van der Waals surface area contributed by atoms with Crippen LogP contribution in [0.4, 0.5) is 5.69 Å². The number of allylic oxidation sites excluding steroid dienone is 5. The fourth-order valence-electron chi connectivity index (χ4n) is 5.92. The number of aryl methyl sites for hydroxylation is 1. The van der Waals surface area contributed by atoms with Crippen molar-refractivity contribution >= 4 is 5.69 Å². The maximum atomic E-state index is 5.59. The highest BCUT2D eigenvalue weighted by Gasteiger charge is 2.29. The molecule has 0 saturated carbocycles. The van der Waals surface area contributed by atoms with E-state index in [9.17, 15) is 0 Å². The molecule has 0 aromatic heterocycles. The molecule has 0 radical (unpaired) electrons. The number of fused-ring (bicyclic) bond motifs is 1. The molecule has 1 atom stereocenters. The van der Waals surface area contributed by atoms with E-state index in [0.717, 1.165) is 51.5 Å². The lowest BCUT2D eigenvalue weighted by Gasteiger charge is -2.37. The van der Waals surface area contributed by atoms with E-state index < -0.39 is 0 Å². The molecule has 1 N–H and O–H groups in total. The Morgan fingerprint density at radius 3 is 2.07 bits per heavy atom. The summed E-state index contributed by atoms with van der Waals surface area (Å²) >= 11 is 0. The number of anilines is 1. The first-order valence-electron chi connectivity index (χ1n) is 15.7. The number of likely N-dealkylation sites (tertiary alicyclic amines) is 2. The molecule has 5 nitrogen and oxygen atoms in total. The molecule has 0 aliphatic carbocycles. The summed E-state index contributed by atoms with van der Waals surface area (Å²) in [4.78, 5) is 7.20. The molecule has 4 heterocycles. The van der Waals surface area contributed by atoms with Crippen LogP contribution in [0, 0.1) is 12.8 Å². The van der Waals surface area contributed by atoms with E-state index in [0.29, 0.717) is 11.8 Å². The fourth-order valence-corrected chi connectivity index (χ4v) is 5.92. The van der Waals surface area contributed by atoms with Crippen LogP contribution in [-0.4, -0.2) is 81.3 Å². The molecule has 41 heavy (non-hydrogen) atoms. The minimum atomic E-state index is 0.407. The Morgan fingerprint density at radius 2 is 1.59 bits per heavy atom. The van der Waals surface area contributed by atoms with E-state index in [2.05, 4.69) is 98.9 Å². The van der Waals surface area contributed by atoms with Crippen molar-refractivity contribution in [3.05, 3.63) is 89.8 Å². The van der Waals surface area contributed by atoms with Crippen LogP contribution in [-0.2, 0) is 11.2 Å². The Bertz CT molecular complexity index is 1030. The fraction of sp³-hybridized carbons (Fsp3) is 0.556. The first-order valence-corrected chi connectivity index (χ1v) is 15.7. The number of hydrogen-bond donors (Lipinski definition) is 1. The van der Waals surface area contributed by atoms with Crippen LogP contribution in [0.3, 0.4) is 0 Å². The third-order valence-electron chi connectivity index (χ3n) is 8.09. The zero-order chi connectivity index (χ0) is 30.4. The average molecular weight is 563 g/mol. The van der Waals surface area contributed by atoms with Gasteiger partial charge in [0.25, 0.3) is 0 Å². The average Bonchev–Trinajstić information content (AvgIpc) is 3.40. The highest BCUT2D eigenvalue weighted by molar-refractivity contribution is 5.65. The molecule has 1 aromatic carbocycles. The summed E-state index contributed by atoms with van der Waals surface area (Å²) in [5.74, 6) is 1.06. The molecule has 5 heteroatoms. The van der Waals surface area contributed by atoms with Gasteiger partial charge in [0.15, 0.2) is 0 Å². The second-order valence-corrected chi connectivity index (χ2v) is 11.4. The van der Waals surface area contributed by atoms with E-state index in [-0.39, 0.29) is 0 Å². The van der Waals surface area contributed by atoms with Gasteiger partial charge < -0.3 is 24.8 Å². The number of nitrogens with zero attached hydrogens (tertiary/aromatic N) is 3. The van der Waals surface area contributed by atoms with Crippen molar-refractivity contribution in [3.63, 3.8) is 0 Å². The van der Waals surface area contributed by atoms with Crippen LogP contribution in [0.25, 0.3) is 0 Å². The molecule has 3 fully saturated rings. The SMILES string of the molecule is C=C1Nc2cc(C3CN(C)C3)cc(C)c2CC(C)/C1=C(/C=C\C)N1CCOCC1.C=CC=C.CC.CN1CCCC1. The van der Waals surface area contributed by atoms with Crippen molar-refractivity contribution in [2.75, 3.05) is 71.9 Å². The summed E-state index contributed by atoms with van der Waals surface area (Å²) in [7, 11) is 4.37. The monoisotopic (exact) mass is 562 g/mol. The molecule has 228 valence electrons. The van der Waals surface area contributed by atoms with Crippen molar-refractivity contribution in [2.24, 2.45) is 5.92 Å². The lowest BCUT2D eigenvalue weighted by Crippen LogP contribution is -2.41. The quantitative estimate of drug-likeness (QED) is 0.387. The molecule has 0 spiro atoms. The zero-order valence-corrected chi connectivity index (χ0v) is 27.3. The number of nitrogens with one attached hydrogen (secondary N) is 1. The number of benzene rings is 1. The Morgan fingerprint density at radius 1 is 0.976 bits per heavy atom. The number of rotatable bonds is 4. The number of hydrogen-bond acceptors (Lipinski definition) is 5. The van der Waals surface area contributed by atoms with Gasteiger partial charge in [-0.3, -0.25) is 0 Å². The summed E-state index contributed by atoms with van der Waals surface area (Å²) < 4.78 is 5.59. The maximum Gasteiger partial charge on any atom is 0.0642 e. The minimum Gasteiger partial charge on any atom is -0.378 e. The van der Waals surface area contributed by atoms with Crippen LogP contribution in [0.2, 0.25) is 0 Å². The first-order chi connectivity index (χ1) is 19.8. The van der Waals surface area contributed by atoms with Gasteiger partial charge in [0.05, 0.1) is 13.2 Å². The Balaban J connectivity index is 0.000000412. The maximum absolute atomic E-state index is 5.59. The molecule has 1 aromatic rings. The van der Waals surface area contributed by atoms with E-state index >= 15 is 0 Å². The van der Waals surface area contributed by atoms with Crippen molar-refractivity contribution in [1.82, 2.24) is 14.7 Å². The summed E-state index contributed by atoms with van der Waals surface area (Å²) in [5.41, 5.74) is 9.23. The molecule has 4 aliphatic heterocycles. The molecule has 0 bridgehead atoms. The van der Waals surface area contributed by atoms with Crippen molar-refractivity contribution in [2.45, 2.75) is 59.8 Å². The topological polar surface area (TPSA) is 31.0 Å². The molecule has 5 rings (SSSR count). The van der Waals surface area contributed by atoms with Crippen LogP contribution in [0.5, 0.6) is 0 Å². The lowest BCUT2D eigenvalue weighted by atomic mass is 9.86. The van der Waals surface area contributed by atoms with Crippen molar-refractivity contribution in [1.29, 1.82) is 0 Å². The van der Waals surface area contributed by atoms with Gasteiger partial charge in [-0.2, -0.15) is 0 Å². The van der Waals surface area contributed by atoms with E-state index in [1.165, 1.54) is 59.6 Å². The van der Waals surface area contributed by atoms with Crippen LogP contribution in [0.1, 0.15) is 63.1 Å². The highest BCUT2D eigenvalue weighted by Crippen LogP contribution is 2.39. The van der Waals surface area contributed by atoms with Crippen molar-refractivity contribution in [3.8, 4) is 0 Å². The summed E-state index contributed by atoms with van der Waals surface area (Å²) in [6.45, 7) is 30.3. The Kier molecular flexibility index (Phi) is 15.2. The predicted molar refractivity (Wildman–Crippen MR) is 180 cm³/mol. The van der Waals surface area contributed by atoms with Gasteiger partial charge in [-0.25, -0.2) is 0 Å². The number of ether oxygens (including phenoxy) is 1. The lowest BCUT2D eigenvalue weighted by molar-refractivity contribution is 0.0547. The van der Waals surface area contributed by atoms with Crippen LogP contribution in [0.15, 0.2) is 73.1 Å². The number of likely N-dealkylation sites (N-methyl/N-ethyl adjacent to an activating group) is 1. The largest absolute Gasteiger partial charge is 0.378 e. The third kappa shape index (κ3) is 10.0. The zero-order valence-electron chi connectivity index (χ0n) is 27.3. The molecule has 3 saturated heterocycles. The molecular formula is C36H58N4O. The van der Waals surface area contributed by atoms with Gasteiger partial charge in [0.2, 0.25) is 0 Å². The van der Waals surface area contributed by atoms with Gasteiger partial charge in [0.1, 0.15) is 0 Å². The summed E-state index contributed by atoms with van der Waals surface area (Å²) in [5, 5.41) is 3.72. The predicted octanol–water partition coefficient (Wildman–Crippen LogP) is 7.40. The van der Waals surface area contributed by atoms with Crippen molar-refractivity contribution < 1.29 is 4.74 Å². The van der Waals surface area contributed by atoms with E-state index in [4.69, 9.17) is 4.74 Å². The molecule has 1 unspecified atom stereocenters. The highest BCUT2D eigenvalue weighted by atomic mass is 16.5. The van der Waals surface area contributed by atoms with Gasteiger partial charge in [-0.15, -0.1) is 0 Å². The van der Waals surface area contributed by atoms with Gasteiger partial charge in [-0.05, 0) is 95.0 Å². The normalized spacial score (nSPS) is 22.4. The second kappa shape index (κ2) is 18.0. The Labute approximate surface area is 252 Å². The van der Waals surface area contributed by atoms with E-state index in [1.54, 1.807) is 12.2 Å². The Hall–Kier alpha value is -2.60.